The van der Waals surface area contributed by atoms with Crippen LogP contribution in [0, 0.1) is 17.2 Å². The van der Waals surface area contributed by atoms with Crippen molar-refractivity contribution in [3.63, 3.8) is 0 Å². The molecule has 3 aliphatic rings. The lowest BCUT2D eigenvalue weighted by atomic mass is 9.87. The first-order valence-electron chi connectivity index (χ1n) is 9.49. The minimum atomic E-state index is -3.89. The number of allylic oxidation sites excluding steroid dienone is 4. The number of piperazine rings is 1. The van der Waals surface area contributed by atoms with Gasteiger partial charge in [-0.25, -0.2) is 17.8 Å². The second-order valence-corrected chi connectivity index (χ2v) is 9.05. The molecule has 1 fully saturated rings. The smallest absolute Gasteiger partial charge is 0.270 e. The zero-order valence-electron chi connectivity index (χ0n) is 16.2. The highest BCUT2D eigenvalue weighted by atomic mass is 32.2. The molecule has 0 saturated carbocycles. The van der Waals surface area contributed by atoms with Gasteiger partial charge in [-0.3, -0.25) is 9.59 Å². The lowest BCUT2D eigenvalue weighted by Crippen LogP contribution is -2.51. The molecular weight excluding hydrogens is 423 g/mol. The number of halogens is 1. The van der Waals surface area contributed by atoms with Crippen LogP contribution in [0.2, 0.25) is 0 Å². The summed E-state index contributed by atoms with van der Waals surface area (Å²) in [7, 11) is -3.89. The molecule has 2 amide bonds. The van der Waals surface area contributed by atoms with Crippen molar-refractivity contribution in [2.45, 2.75) is 4.90 Å². The molecule has 1 aromatic rings. The number of carbonyl (C=O) groups excluding carboxylic acids is 2. The van der Waals surface area contributed by atoms with Crippen molar-refractivity contribution < 1.29 is 22.4 Å². The molecule has 0 aromatic heterocycles. The summed E-state index contributed by atoms with van der Waals surface area (Å²) in [4.78, 5) is 30.1. The third kappa shape index (κ3) is 3.85. The number of benzene rings is 1. The average Bonchev–Trinajstić information content (AvgIpc) is 2.77. The molecular formula is C21H17FN4O4S. The van der Waals surface area contributed by atoms with E-state index >= 15 is 0 Å². The number of amides is 2. The average molecular weight is 440 g/mol. The Kier molecular flexibility index (Phi) is 5.39. The van der Waals surface area contributed by atoms with Crippen LogP contribution < -0.4 is 0 Å². The van der Waals surface area contributed by atoms with Crippen molar-refractivity contribution in [3.8, 4) is 6.07 Å². The van der Waals surface area contributed by atoms with Gasteiger partial charge in [0.25, 0.3) is 11.8 Å². The van der Waals surface area contributed by atoms with E-state index in [9.17, 15) is 27.7 Å². The predicted octanol–water partition coefficient (Wildman–Crippen LogP) is 1.34. The van der Waals surface area contributed by atoms with E-state index in [-0.39, 0.29) is 47.9 Å². The predicted molar refractivity (Wildman–Crippen MR) is 109 cm³/mol. The van der Waals surface area contributed by atoms with Crippen LogP contribution in [0.1, 0.15) is 5.56 Å². The van der Waals surface area contributed by atoms with Gasteiger partial charge < -0.3 is 4.90 Å². The van der Waals surface area contributed by atoms with E-state index in [1.807, 2.05) is 6.07 Å². The molecule has 1 atom stereocenters. The van der Waals surface area contributed by atoms with Gasteiger partial charge >= 0.3 is 0 Å². The first-order chi connectivity index (χ1) is 14.8. The topological polar surface area (TPSA) is 111 Å². The molecule has 0 N–H and O–H groups in total. The Hall–Kier alpha value is -3.42. The quantitative estimate of drug-likeness (QED) is 0.704. The Morgan fingerprint density at radius 1 is 1.16 bits per heavy atom. The Labute approximate surface area is 178 Å². The molecule has 1 unspecified atom stereocenters. The number of fused-ring (bicyclic) bond motifs is 1. The first-order valence-corrected chi connectivity index (χ1v) is 10.9. The van der Waals surface area contributed by atoms with E-state index in [1.54, 1.807) is 12.1 Å². The Bertz CT molecular complexity index is 1230. The number of nitrogens with zero attached hydrogens (tertiary/aromatic N) is 4. The van der Waals surface area contributed by atoms with Crippen molar-refractivity contribution in [2.24, 2.45) is 10.9 Å². The van der Waals surface area contributed by atoms with E-state index < -0.39 is 33.6 Å². The summed E-state index contributed by atoms with van der Waals surface area (Å²) in [6, 6.07) is 7.84. The van der Waals surface area contributed by atoms with Crippen molar-refractivity contribution in [3.05, 3.63) is 65.5 Å². The molecule has 8 nitrogen and oxygen atoms in total. The van der Waals surface area contributed by atoms with E-state index in [1.165, 1.54) is 33.5 Å². The summed E-state index contributed by atoms with van der Waals surface area (Å²) in [5, 5.41) is 9.21. The standard InChI is InChI=1S/C21H17FN4O4S/c22-15-5-6-16-17(12-20(27)24-18(16)11-15)21(28)25-7-9-26(10-8-25)31(29,30)19-4-2-1-3-14(19)13-23/h1-6,11-12,16H,7-10H2. The van der Waals surface area contributed by atoms with Gasteiger partial charge in [0.05, 0.1) is 22.1 Å². The molecule has 0 bridgehead atoms. The highest BCUT2D eigenvalue weighted by molar-refractivity contribution is 7.89. The third-order valence-corrected chi connectivity index (χ3v) is 7.26. The maximum absolute atomic E-state index is 13.5. The number of aliphatic imine (C=N–C) groups is 1. The van der Waals surface area contributed by atoms with E-state index in [0.717, 1.165) is 12.2 Å². The molecule has 158 valence electrons. The molecule has 10 heteroatoms. The molecule has 1 aliphatic carbocycles. The van der Waals surface area contributed by atoms with E-state index in [4.69, 9.17) is 0 Å². The Morgan fingerprint density at radius 2 is 1.87 bits per heavy atom. The molecule has 1 saturated heterocycles. The maximum atomic E-state index is 13.5. The van der Waals surface area contributed by atoms with Crippen LogP contribution in [0.4, 0.5) is 4.39 Å². The SMILES string of the molecule is N#Cc1ccccc1S(=O)(=O)N1CCN(C(=O)C2=CC(=O)N=C3C=C(F)C=CC23)CC1. The van der Waals surface area contributed by atoms with Crippen molar-refractivity contribution in [1.29, 1.82) is 5.26 Å². The molecule has 1 aromatic carbocycles. The zero-order chi connectivity index (χ0) is 22.2. The number of hydrogen-bond donors (Lipinski definition) is 0. The minimum Gasteiger partial charge on any atom is -0.336 e. The summed E-state index contributed by atoms with van der Waals surface area (Å²) in [5.74, 6) is -2.22. The fourth-order valence-electron chi connectivity index (χ4n) is 3.74. The van der Waals surface area contributed by atoms with E-state index in [0.29, 0.717) is 0 Å². The monoisotopic (exact) mass is 440 g/mol. The normalized spacial score (nSPS) is 21.5. The van der Waals surface area contributed by atoms with Crippen LogP contribution in [-0.2, 0) is 19.6 Å². The van der Waals surface area contributed by atoms with Crippen molar-refractivity contribution >= 4 is 27.5 Å². The summed E-state index contributed by atoms with van der Waals surface area (Å²) in [6.45, 7) is 0.326. The highest BCUT2D eigenvalue weighted by Crippen LogP contribution is 2.28. The molecule has 2 aliphatic heterocycles. The molecule has 0 spiro atoms. The lowest BCUT2D eigenvalue weighted by Gasteiger charge is -2.35. The van der Waals surface area contributed by atoms with Crippen LogP contribution in [0.25, 0.3) is 0 Å². The first kappa shape index (κ1) is 20.8. The van der Waals surface area contributed by atoms with Gasteiger partial charge in [0.1, 0.15) is 11.9 Å². The van der Waals surface area contributed by atoms with Crippen LogP contribution in [0.15, 0.2) is 69.9 Å². The number of sulfonamides is 1. The van der Waals surface area contributed by atoms with Crippen LogP contribution in [0.5, 0.6) is 0 Å². The zero-order valence-corrected chi connectivity index (χ0v) is 17.0. The van der Waals surface area contributed by atoms with Crippen LogP contribution in [-0.4, -0.2) is 61.3 Å². The fourth-order valence-corrected chi connectivity index (χ4v) is 5.31. The van der Waals surface area contributed by atoms with E-state index in [2.05, 4.69) is 4.99 Å². The van der Waals surface area contributed by atoms with Gasteiger partial charge in [-0.05, 0) is 24.3 Å². The summed E-state index contributed by atoms with van der Waals surface area (Å²) >= 11 is 0. The van der Waals surface area contributed by atoms with Crippen molar-refractivity contribution in [1.82, 2.24) is 9.21 Å². The third-order valence-electron chi connectivity index (χ3n) is 5.30. The van der Waals surface area contributed by atoms with Gasteiger partial charge in [0.15, 0.2) is 0 Å². The molecule has 2 heterocycles. The van der Waals surface area contributed by atoms with Gasteiger partial charge in [0, 0.05) is 37.8 Å². The second kappa shape index (κ2) is 8.02. The number of carbonyl (C=O) groups is 2. The lowest BCUT2D eigenvalue weighted by molar-refractivity contribution is -0.129. The van der Waals surface area contributed by atoms with Gasteiger partial charge in [-0.2, -0.15) is 9.57 Å². The van der Waals surface area contributed by atoms with Gasteiger partial charge in [0.2, 0.25) is 10.0 Å². The maximum Gasteiger partial charge on any atom is 0.270 e. The number of rotatable bonds is 3. The largest absolute Gasteiger partial charge is 0.336 e. The Balaban J connectivity index is 1.49. The number of dihydropyridines is 1. The number of nitriles is 1. The summed E-state index contributed by atoms with van der Waals surface area (Å²) < 4.78 is 40.6. The van der Waals surface area contributed by atoms with Crippen LogP contribution >= 0.6 is 0 Å². The fraction of sp³-hybridized carbons (Fsp3) is 0.238. The van der Waals surface area contributed by atoms with Crippen molar-refractivity contribution in [2.75, 3.05) is 26.2 Å². The molecule has 31 heavy (non-hydrogen) atoms. The number of hydrogen-bond acceptors (Lipinski definition) is 5. The molecule has 4 rings (SSSR count). The molecule has 0 radical (unpaired) electrons. The van der Waals surface area contributed by atoms with Gasteiger partial charge in [-0.1, -0.05) is 18.2 Å². The second-order valence-electron chi connectivity index (χ2n) is 7.14. The Morgan fingerprint density at radius 3 is 2.58 bits per heavy atom. The summed E-state index contributed by atoms with van der Waals surface area (Å²) in [6.07, 6.45) is 4.96. The summed E-state index contributed by atoms with van der Waals surface area (Å²) in [5.41, 5.74) is 0.411. The van der Waals surface area contributed by atoms with Crippen LogP contribution in [0.3, 0.4) is 0 Å². The minimum absolute atomic E-state index is 0.0467. The van der Waals surface area contributed by atoms with Gasteiger partial charge in [-0.15, -0.1) is 0 Å². The highest BCUT2D eigenvalue weighted by Gasteiger charge is 2.36.